The van der Waals surface area contributed by atoms with Gasteiger partial charge in [0.05, 0.1) is 10.6 Å². The lowest BCUT2D eigenvalue weighted by Gasteiger charge is -2.33. The van der Waals surface area contributed by atoms with Crippen LogP contribution >= 0.6 is 23.2 Å². The van der Waals surface area contributed by atoms with Crippen molar-refractivity contribution in [1.29, 1.82) is 0 Å². The van der Waals surface area contributed by atoms with Crippen molar-refractivity contribution in [3.8, 4) is 0 Å². The Kier molecular flexibility index (Phi) is 10.3. The zero-order valence-corrected chi connectivity index (χ0v) is 25.6. The summed E-state index contributed by atoms with van der Waals surface area (Å²) in [7, 11) is -4.21. The molecule has 1 aliphatic carbocycles. The first-order valence-corrected chi connectivity index (χ1v) is 15.9. The van der Waals surface area contributed by atoms with Gasteiger partial charge >= 0.3 is 0 Å². The summed E-state index contributed by atoms with van der Waals surface area (Å²) in [5, 5.41) is 3.56. The zero-order chi connectivity index (χ0) is 29.6. The van der Waals surface area contributed by atoms with E-state index in [2.05, 4.69) is 5.32 Å². The molecule has 2 amide bonds. The van der Waals surface area contributed by atoms with Crippen LogP contribution in [0.3, 0.4) is 0 Å². The highest BCUT2D eigenvalue weighted by Gasteiger charge is 2.33. The van der Waals surface area contributed by atoms with Gasteiger partial charge in [-0.2, -0.15) is 0 Å². The SMILES string of the molecule is Cc1ccc(S(=O)(=O)N(CC(=O)N(Cc2ccccc2)[C@H](C)C(=O)NC2CCCCC2)c2cc(Cl)cc(Cl)c2)cc1. The highest BCUT2D eigenvalue weighted by molar-refractivity contribution is 7.92. The molecular formula is C31H35Cl2N3O4S. The minimum atomic E-state index is -4.21. The van der Waals surface area contributed by atoms with Crippen LogP contribution < -0.4 is 9.62 Å². The number of amides is 2. The quantitative estimate of drug-likeness (QED) is 0.287. The van der Waals surface area contributed by atoms with E-state index in [4.69, 9.17) is 23.2 Å². The summed E-state index contributed by atoms with van der Waals surface area (Å²) in [6, 6.07) is 19.3. The third-order valence-corrected chi connectivity index (χ3v) is 9.56. The number of carbonyl (C=O) groups excluding carboxylic acids is 2. The number of benzene rings is 3. The van der Waals surface area contributed by atoms with Crippen molar-refractivity contribution in [3.05, 3.63) is 94.0 Å². The molecule has 0 radical (unpaired) electrons. The fourth-order valence-electron chi connectivity index (χ4n) is 4.98. The minimum Gasteiger partial charge on any atom is -0.352 e. The molecule has 0 bridgehead atoms. The first-order chi connectivity index (χ1) is 19.5. The van der Waals surface area contributed by atoms with Gasteiger partial charge in [0.25, 0.3) is 10.0 Å². The lowest BCUT2D eigenvalue weighted by Crippen LogP contribution is -2.53. The molecule has 4 rings (SSSR count). The Morgan fingerprint density at radius 1 is 0.927 bits per heavy atom. The van der Waals surface area contributed by atoms with Crippen molar-refractivity contribution in [2.75, 3.05) is 10.8 Å². The number of rotatable bonds is 10. The Hall–Kier alpha value is -3.07. The van der Waals surface area contributed by atoms with Gasteiger partial charge in [-0.1, -0.05) is 90.5 Å². The molecule has 0 saturated heterocycles. The standard InChI is InChI=1S/C31H35Cl2N3O4S/c1-22-13-15-29(16-14-22)41(39,40)36(28-18-25(32)17-26(33)19-28)21-30(37)35(20-24-9-5-3-6-10-24)23(2)31(38)34-27-11-7-4-8-12-27/h3,5-6,9-10,13-19,23,27H,4,7-8,11-12,20-21H2,1-2H3,(H,34,38)/t23-/m1/s1. The summed E-state index contributed by atoms with van der Waals surface area (Å²) in [6.07, 6.45) is 5.08. The number of halogens is 2. The molecule has 41 heavy (non-hydrogen) atoms. The average Bonchev–Trinajstić information content (AvgIpc) is 2.95. The molecule has 7 nitrogen and oxygen atoms in total. The van der Waals surface area contributed by atoms with E-state index in [1.165, 1.54) is 35.2 Å². The fraction of sp³-hybridized carbons (Fsp3) is 0.355. The number of nitrogens with one attached hydrogen (secondary N) is 1. The van der Waals surface area contributed by atoms with Crippen LogP contribution in [0.2, 0.25) is 10.0 Å². The van der Waals surface area contributed by atoms with Crippen molar-refractivity contribution in [1.82, 2.24) is 10.2 Å². The van der Waals surface area contributed by atoms with E-state index in [0.29, 0.717) is 0 Å². The number of hydrogen-bond donors (Lipinski definition) is 1. The summed E-state index contributed by atoms with van der Waals surface area (Å²) in [4.78, 5) is 28.9. The smallest absolute Gasteiger partial charge is 0.264 e. The number of aryl methyl sites for hydroxylation is 1. The van der Waals surface area contributed by atoms with Gasteiger partial charge in [-0.25, -0.2) is 8.42 Å². The van der Waals surface area contributed by atoms with Crippen LogP contribution in [0.25, 0.3) is 0 Å². The third-order valence-electron chi connectivity index (χ3n) is 7.34. The second-order valence-electron chi connectivity index (χ2n) is 10.5. The van der Waals surface area contributed by atoms with Crippen molar-refractivity contribution in [2.45, 2.75) is 69.5 Å². The lowest BCUT2D eigenvalue weighted by molar-refractivity contribution is -0.139. The van der Waals surface area contributed by atoms with Gasteiger partial charge in [-0.05, 0) is 62.6 Å². The Bertz CT molecular complexity index is 1440. The van der Waals surface area contributed by atoms with Gasteiger partial charge in [0.1, 0.15) is 12.6 Å². The molecule has 10 heteroatoms. The normalized spacial score (nSPS) is 14.7. The summed E-state index contributed by atoms with van der Waals surface area (Å²) in [6.45, 7) is 3.11. The predicted octanol–water partition coefficient (Wildman–Crippen LogP) is 6.36. The van der Waals surface area contributed by atoms with Gasteiger partial charge in [0.15, 0.2) is 0 Å². The maximum absolute atomic E-state index is 14.0. The number of carbonyl (C=O) groups is 2. The molecule has 1 fully saturated rings. The van der Waals surface area contributed by atoms with Gasteiger partial charge in [-0.3, -0.25) is 13.9 Å². The van der Waals surface area contributed by atoms with Crippen molar-refractivity contribution < 1.29 is 18.0 Å². The van der Waals surface area contributed by atoms with E-state index in [1.54, 1.807) is 19.1 Å². The summed E-state index contributed by atoms with van der Waals surface area (Å²) < 4.78 is 28.9. The largest absolute Gasteiger partial charge is 0.352 e. The fourth-order valence-corrected chi connectivity index (χ4v) is 6.89. The highest BCUT2D eigenvalue weighted by atomic mass is 35.5. The summed E-state index contributed by atoms with van der Waals surface area (Å²) >= 11 is 12.5. The molecule has 1 N–H and O–H groups in total. The number of sulfonamides is 1. The van der Waals surface area contributed by atoms with E-state index < -0.39 is 28.5 Å². The summed E-state index contributed by atoms with van der Waals surface area (Å²) in [5.41, 5.74) is 1.86. The monoisotopic (exact) mass is 615 g/mol. The van der Waals surface area contributed by atoms with Crippen LogP contribution in [-0.2, 0) is 26.2 Å². The summed E-state index contributed by atoms with van der Waals surface area (Å²) in [5.74, 6) is -0.799. The Morgan fingerprint density at radius 2 is 1.54 bits per heavy atom. The Balaban J connectivity index is 1.69. The zero-order valence-electron chi connectivity index (χ0n) is 23.2. The van der Waals surface area contributed by atoms with Gasteiger partial charge in [0, 0.05) is 22.6 Å². The van der Waals surface area contributed by atoms with Gasteiger partial charge < -0.3 is 10.2 Å². The third kappa shape index (κ3) is 8.03. The number of hydrogen-bond acceptors (Lipinski definition) is 4. The van der Waals surface area contributed by atoms with Gasteiger partial charge in [0.2, 0.25) is 11.8 Å². The van der Waals surface area contributed by atoms with E-state index in [0.717, 1.165) is 47.5 Å². The Morgan fingerprint density at radius 3 is 2.15 bits per heavy atom. The lowest BCUT2D eigenvalue weighted by atomic mass is 9.95. The van der Waals surface area contributed by atoms with Crippen LogP contribution in [0.4, 0.5) is 5.69 Å². The molecule has 1 atom stereocenters. The molecule has 3 aromatic rings. The maximum atomic E-state index is 14.0. The van der Waals surface area contributed by atoms with Gasteiger partial charge in [-0.15, -0.1) is 0 Å². The van der Waals surface area contributed by atoms with E-state index >= 15 is 0 Å². The van der Waals surface area contributed by atoms with Crippen molar-refractivity contribution in [2.24, 2.45) is 0 Å². The van der Waals surface area contributed by atoms with Crippen molar-refractivity contribution in [3.63, 3.8) is 0 Å². The molecule has 3 aromatic carbocycles. The molecule has 1 aliphatic rings. The molecule has 0 aromatic heterocycles. The second-order valence-corrected chi connectivity index (χ2v) is 13.2. The van der Waals surface area contributed by atoms with E-state index in [9.17, 15) is 18.0 Å². The number of nitrogens with zero attached hydrogens (tertiary/aromatic N) is 2. The molecule has 0 heterocycles. The molecule has 0 unspecified atom stereocenters. The van der Waals surface area contributed by atoms with Crippen LogP contribution in [0, 0.1) is 6.92 Å². The van der Waals surface area contributed by atoms with E-state index in [-0.39, 0.29) is 39.1 Å². The second kappa shape index (κ2) is 13.7. The first kappa shape index (κ1) is 30.9. The van der Waals surface area contributed by atoms with Crippen LogP contribution in [0.15, 0.2) is 77.7 Å². The van der Waals surface area contributed by atoms with Crippen LogP contribution in [0.1, 0.15) is 50.2 Å². The number of anilines is 1. The highest BCUT2D eigenvalue weighted by Crippen LogP contribution is 2.30. The molecule has 218 valence electrons. The van der Waals surface area contributed by atoms with Crippen molar-refractivity contribution >= 4 is 50.7 Å². The molecule has 0 spiro atoms. The first-order valence-electron chi connectivity index (χ1n) is 13.7. The molecular weight excluding hydrogens is 581 g/mol. The van der Waals surface area contributed by atoms with Crippen LogP contribution in [-0.4, -0.2) is 43.8 Å². The predicted molar refractivity (Wildman–Crippen MR) is 164 cm³/mol. The molecule has 0 aliphatic heterocycles. The average molecular weight is 617 g/mol. The van der Waals surface area contributed by atoms with E-state index in [1.807, 2.05) is 37.3 Å². The Labute approximate surface area is 252 Å². The minimum absolute atomic E-state index is 0.0182. The van der Waals surface area contributed by atoms with Crippen LogP contribution in [0.5, 0.6) is 0 Å². The maximum Gasteiger partial charge on any atom is 0.264 e. The molecule has 1 saturated carbocycles. The topological polar surface area (TPSA) is 86.8 Å².